The molecule has 2 N–H and O–H groups in total. The van der Waals surface area contributed by atoms with Gasteiger partial charge in [-0.05, 0) is 59.7 Å². The summed E-state index contributed by atoms with van der Waals surface area (Å²) in [5.41, 5.74) is 1.59. The van der Waals surface area contributed by atoms with E-state index in [-0.39, 0.29) is 17.3 Å². The van der Waals surface area contributed by atoms with Gasteiger partial charge >= 0.3 is 5.97 Å². The lowest BCUT2D eigenvalue weighted by atomic mass is 10.1. The number of ketones is 1. The summed E-state index contributed by atoms with van der Waals surface area (Å²) >= 11 is 0. The Morgan fingerprint density at radius 1 is 0.886 bits per heavy atom. The van der Waals surface area contributed by atoms with Crippen LogP contribution in [-0.4, -0.2) is 41.2 Å². The van der Waals surface area contributed by atoms with Crippen LogP contribution in [0.1, 0.15) is 21.5 Å². The standard InChI is InChI=1S/C27H23NO7/c1-33-25-14-18(7-11-23(25)31)5-9-21(29)16-22(30)10-6-19-8-12-24(26(15-19)34-2)35-27(32)20-4-3-13-28-17-20/h3-17,29,31H,1-2H3. The van der Waals surface area contributed by atoms with Gasteiger partial charge in [0.2, 0.25) is 0 Å². The van der Waals surface area contributed by atoms with Gasteiger partial charge in [-0.25, -0.2) is 4.79 Å². The van der Waals surface area contributed by atoms with Crippen LogP contribution in [0.4, 0.5) is 0 Å². The van der Waals surface area contributed by atoms with Crippen molar-refractivity contribution in [2.45, 2.75) is 0 Å². The van der Waals surface area contributed by atoms with E-state index in [9.17, 15) is 19.8 Å². The van der Waals surface area contributed by atoms with Gasteiger partial charge in [0.15, 0.2) is 28.8 Å². The summed E-state index contributed by atoms with van der Waals surface area (Å²) in [6, 6.07) is 12.7. The van der Waals surface area contributed by atoms with Gasteiger partial charge in [-0.2, -0.15) is 0 Å². The second kappa shape index (κ2) is 11.9. The summed E-state index contributed by atoms with van der Waals surface area (Å²) in [5.74, 6) is -0.442. The van der Waals surface area contributed by atoms with Crippen LogP contribution in [0, 0.1) is 0 Å². The lowest BCUT2D eigenvalue weighted by Crippen LogP contribution is -2.09. The molecule has 0 saturated carbocycles. The Kier molecular flexibility index (Phi) is 8.39. The number of phenolic OH excluding ortho intramolecular Hbond substituents is 1. The fraction of sp³-hybridized carbons (Fsp3) is 0.0741. The molecule has 0 unspecified atom stereocenters. The number of phenols is 1. The first-order chi connectivity index (χ1) is 16.9. The summed E-state index contributed by atoms with van der Waals surface area (Å²) in [7, 11) is 2.87. The molecule has 0 aliphatic rings. The van der Waals surface area contributed by atoms with Crippen molar-refractivity contribution in [3.8, 4) is 23.0 Å². The average Bonchev–Trinajstić information content (AvgIpc) is 2.88. The molecule has 2 aromatic carbocycles. The smallest absolute Gasteiger partial charge is 0.345 e. The Bertz CT molecular complexity index is 1290. The van der Waals surface area contributed by atoms with Crippen molar-refractivity contribution in [3.63, 3.8) is 0 Å². The Balaban J connectivity index is 1.65. The number of esters is 1. The van der Waals surface area contributed by atoms with Crippen LogP contribution in [0.15, 0.2) is 84.9 Å². The zero-order chi connectivity index (χ0) is 25.2. The number of carbonyl (C=O) groups is 2. The van der Waals surface area contributed by atoms with E-state index in [0.717, 1.165) is 6.08 Å². The molecule has 0 radical (unpaired) electrons. The molecule has 3 aromatic rings. The quantitative estimate of drug-likeness (QED) is 0.150. The van der Waals surface area contributed by atoms with Crippen molar-refractivity contribution in [2.24, 2.45) is 0 Å². The molecule has 0 aliphatic heterocycles. The number of rotatable bonds is 9. The number of hydrogen-bond donors (Lipinski definition) is 2. The molecular weight excluding hydrogens is 450 g/mol. The molecule has 0 bridgehead atoms. The highest BCUT2D eigenvalue weighted by Gasteiger charge is 2.12. The van der Waals surface area contributed by atoms with Crippen molar-refractivity contribution < 1.29 is 34.0 Å². The summed E-state index contributed by atoms with van der Waals surface area (Å²) < 4.78 is 15.7. The van der Waals surface area contributed by atoms with Crippen LogP contribution in [0.5, 0.6) is 23.0 Å². The Hall–Kier alpha value is -4.85. The van der Waals surface area contributed by atoms with E-state index in [2.05, 4.69) is 4.98 Å². The van der Waals surface area contributed by atoms with Crippen LogP contribution < -0.4 is 14.2 Å². The van der Waals surface area contributed by atoms with E-state index in [1.165, 1.54) is 44.7 Å². The minimum absolute atomic E-state index is 0.000971. The maximum atomic E-state index is 12.2. The van der Waals surface area contributed by atoms with E-state index in [1.54, 1.807) is 54.7 Å². The lowest BCUT2D eigenvalue weighted by molar-refractivity contribution is -0.110. The number of methoxy groups -OCH3 is 2. The molecule has 0 amide bonds. The molecule has 8 nitrogen and oxygen atoms in total. The van der Waals surface area contributed by atoms with Crippen LogP contribution in [0.3, 0.4) is 0 Å². The van der Waals surface area contributed by atoms with Crippen molar-refractivity contribution in [1.29, 1.82) is 0 Å². The third-order valence-corrected chi connectivity index (χ3v) is 4.67. The molecular formula is C27H23NO7. The largest absolute Gasteiger partial charge is 0.508 e. The molecule has 1 heterocycles. The zero-order valence-corrected chi connectivity index (χ0v) is 19.0. The highest BCUT2D eigenvalue weighted by atomic mass is 16.6. The van der Waals surface area contributed by atoms with Crippen LogP contribution in [-0.2, 0) is 4.79 Å². The van der Waals surface area contributed by atoms with Gasteiger partial charge in [-0.1, -0.05) is 24.3 Å². The number of carbonyl (C=O) groups excluding carboxylic acids is 2. The number of allylic oxidation sites excluding steroid dienone is 3. The summed E-state index contributed by atoms with van der Waals surface area (Å²) in [6.07, 6.45) is 9.76. The number of hydrogen-bond acceptors (Lipinski definition) is 8. The molecule has 0 saturated heterocycles. The predicted octanol–water partition coefficient (Wildman–Crippen LogP) is 4.76. The maximum Gasteiger partial charge on any atom is 0.345 e. The van der Waals surface area contributed by atoms with Crippen molar-refractivity contribution in [3.05, 3.63) is 102 Å². The van der Waals surface area contributed by atoms with E-state index in [4.69, 9.17) is 14.2 Å². The molecule has 0 atom stereocenters. The fourth-order valence-corrected chi connectivity index (χ4v) is 2.91. The SMILES string of the molecule is COc1cc(C=CC(O)=CC(=O)C=Cc2ccc(OC(=O)c3cccnc3)c(OC)c2)ccc1O. The molecule has 3 rings (SSSR count). The zero-order valence-electron chi connectivity index (χ0n) is 19.0. The first kappa shape index (κ1) is 24.8. The number of nitrogens with zero attached hydrogens (tertiary/aromatic N) is 1. The van der Waals surface area contributed by atoms with Crippen molar-refractivity contribution in [2.75, 3.05) is 14.2 Å². The molecule has 35 heavy (non-hydrogen) atoms. The number of aromatic nitrogens is 1. The van der Waals surface area contributed by atoms with Crippen molar-refractivity contribution in [1.82, 2.24) is 4.98 Å². The topological polar surface area (TPSA) is 115 Å². The number of aromatic hydroxyl groups is 1. The number of benzene rings is 2. The van der Waals surface area contributed by atoms with E-state index < -0.39 is 11.8 Å². The van der Waals surface area contributed by atoms with Crippen LogP contribution in [0.25, 0.3) is 12.2 Å². The van der Waals surface area contributed by atoms with E-state index in [1.807, 2.05) is 0 Å². The molecule has 0 spiro atoms. The van der Waals surface area contributed by atoms with E-state index in [0.29, 0.717) is 28.2 Å². The fourth-order valence-electron chi connectivity index (χ4n) is 2.91. The molecule has 1 aromatic heterocycles. The van der Waals surface area contributed by atoms with Gasteiger partial charge in [0, 0.05) is 18.5 Å². The third kappa shape index (κ3) is 7.06. The Labute approximate surface area is 202 Å². The highest BCUT2D eigenvalue weighted by molar-refractivity contribution is 6.02. The summed E-state index contributed by atoms with van der Waals surface area (Å²) in [5, 5.41) is 19.6. The molecule has 178 valence electrons. The molecule has 0 fully saturated rings. The second-order valence-corrected chi connectivity index (χ2v) is 7.11. The minimum atomic E-state index is -0.575. The van der Waals surface area contributed by atoms with Gasteiger partial charge in [-0.15, -0.1) is 0 Å². The average molecular weight is 473 g/mol. The normalized spacial score (nSPS) is 11.5. The first-order valence-corrected chi connectivity index (χ1v) is 10.4. The second-order valence-electron chi connectivity index (χ2n) is 7.11. The van der Waals surface area contributed by atoms with Gasteiger partial charge in [-0.3, -0.25) is 9.78 Å². The van der Waals surface area contributed by atoms with E-state index >= 15 is 0 Å². The van der Waals surface area contributed by atoms with Gasteiger partial charge in [0.05, 0.1) is 19.8 Å². The molecule has 0 aliphatic carbocycles. The number of aliphatic hydroxyl groups is 1. The predicted molar refractivity (Wildman–Crippen MR) is 131 cm³/mol. The Morgan fingerprint density at radius 2 is 1.57 bits per heavy atom. The van der Waals surface area contributed by atoms with Gasteiger partial charge in [0.25, 0.3) is 0 Å². The minimum Gasteiger partial charge on any atom is -0.508 e. The Morgan fingerprint density at radius 3 is 2.26 bits per heavy atom. The lowest BCUT2D eigenvalue weighted by Gasteiger charge is -2.09. The summed E-state index contributed by atoms with van der Waals surface area (Å²) in [6.45, 7) is 0. The monoisotopic (exact) mass is 473 g/mol. The maximum absolute atomic E-state index is 12.2. The summed E-state index contributed by atoms with van der Waals surface area (Å²) in [4.78, 5) is 28.3. The van der Waals surface area contributed by atoms with Gasteiger partial charge < -0.3 is 24.4 Å². The number of aliphatic hydroxyl groups excluding tert-OH is 1. The van der Waals surface area contributed by atoms with Crippen LogP contribution in [0.2, 0.25) is 0 Å². The molecule has 8 heteroatoms. The van der Waals surface area contributed by atoms with Crippen LogP contribution >= 0.6 is 0 Å². The van der Waals surface area contributed by atoms with Crippen molar-refractivity contribution >= 4 is 23.9 Å². The number of pyridine rings is 1. The highest BCUT2D eigenvalue weighted by Crippen LogP contribution is 2.29. The number of ether oxygens (including phenoxy) is 3. The van der Waals surface area contributed by atoms with Gasteiger partial charge in [0.1, 0.15) is 5.76 Å². The third-order valence-electron chi connectivity index (χ3n) is 4.67. The first-order valence-electron chi connectivity index (χ1n) is 10.4.